The SMILES string of the molecule is Nc1ccc(CCC(=O)c2cnccc2N)cc1. The van der Waals surface area contributed by atoms with Gasteiger partial charge < -0.3 is 11.5 Å². The fourth-order valence-electron chi connectivity index (χ4n) is 1.72. The average molecular weight is 241 g/mol. The van der Waals surface area contributed by atoms with Gasteiger partial charge in [-0.15, -0.1) is 0 Å². The van der Waals surface area contributed by atoms with Crippen molar-refractivity contribution in [3.05, 3.63) is 53.9 Å². The first-order chi connectivity index (χ1) is 8.66. The number of aromatic nitrogens is 1. The Balaban J connectivity index is 2.01. The molecule has 0 radical (unpaired) electrons. The van der Waals surface area contributed by atoms with Gasteiger partial charge in [-0.05, 0) is 30.2 Å². The molecular formula is C14H15N3O. The molecule has 0 saturated heterocycles. The molecule has 1 aromatic carbocycles. The molecule has 0 aliphatic heterocycles. The number of benzene rings is 1. The number of aryl methyl sites for hydroxylation is 1. The number of hydrogen-bond acceptors (Lipinski definition) is 4. The molecule has 92 valence electrons. The van der Waals surface area contributed by atoms with Gasteiger partial charge >= 0.3 is 0 Å². The molecule has 1 heterocycles. The molecular weight excluding hydrogens is 226 g/mol. The first-order valence-corrected chi connectivity index (χ1v) is 5.74. The third-order valence-corrected chi connectivity index (χ3v) is 2.78. The Morgan fingerprint density at radius 2 is 1.83 bits per heavy atom. The van der Waals surface area contributed by atoms with E-state index in [-0.39, 0.29) is 5.78 Å². The smallest absolute Gasteiger partial charge is 0.166 e. The average Bonchev–Trinajstić information content (AvgIpc) is 2.38. The van der Waals surface area contributed by atoms with Gasteiger partial charge in [0.05, 0.1) is 5.56 Å². The van der Waals surface area contributed by atoms with E-state index in [0.29, 0.717) is 24.1 Å². The number of rotatable bonds is 4. The normalized spacial score (nSPS) is 10.2. The van der Waals surface area contributed by atoms with Crippen molar-refractivity contribution in [2.45, 2.75) is 12.8 Å². The largest absolute Gasteiger partial charge is 0.399 e. The number of Topliss-reactive ketones (excluding diaryl/α,β-unsaturated/α-hetero) is 1. The molecule has 0 aliphatic carbocycles. The molecule has 0 spiro atoms. The fourth-order valence-corrected chi connectivity index (χ4v) is 1.72. The zero-order chi connectivity index (χ0) is 13.0. The minimum Gasteiger partial charge on any atom is -0.399 e. The van der Waals surface area contributed by atoms with Crippen LogP contribution in [0.3, 0.4) is 0 Å². The van der Waals surface area contributed by atoms with Crippen molar-refractivity contribution in [2.75, 3.05) is 11.5 Å². The number of carbonyl (C=O) groups is 1. The van der Waals surface area contributed by atoms with Crippen LogP contribution < -0.4 is 11.5 Å². The Morgan fingerprint density at radius 1 is 1.11 bits per heavy atom. The maximum atomic E-state index is 12.0. The van der Waals surface area contributed by atoms with Crippen molar-refractivity contribution in [1.82, 2.24) is 4.98 Å². The molecule has 4 nitrogen and oxygen atoms in total. The highest BCUT2D eigenvalue weighted by Crippen LogP contribution is 2.14. The lowest BCUT2D eigenvalue weighted by Crippen LogP contribution is -2.05. The van der Waals surface area contributed by atoms with Gasteiger partial charge in [0, 0.05) is 30.2 Å². The summed E-state index contributed by atoms with van der Waals surface area (Å²) in [5.74, 6) is 0.0115. The van der Waals surface area contributed by atoms with E-state index in [4.69, 9.17) is 11.5 Å². The Bertz CT molecular complexity index is 549. The van der Waals surface area contributed by atoms with E-state index >= 15 is 0 Å². The maximum Gasteiger partial charge on any atom is 0.166 e. The van der Waals surface area contributed by atoms with E-state index in [1.165, 1.54) is 6.20 Å². The van der Waals surface area contributed by atoms with Gasteiger partial charge in [0.1, 0.15) is 0 Å². The second-order valence-corrected chi connectivity index (χ2v) is 4.13. The standard InChI is InChI=1S/C14H15N3O/c15-11-4-1-10(2-5-11)3-6-14(18)12-9-17-8-7-13(12)16/h1-2,4-5,7-9H,3,6,15H2,(H2,16,17). The number of hydrogen-bond donors (Lipinski definition) is 2. The first-order valence-electron chi connectivity index (χ1n) is 5.74. The van der Waals surface area contributed by atoms with Gasteiger partial charge in [-0.3, -0.25) is 9.78 Å². The summed E-state index contributed by atoms with van der Waals surface area (Å²) < 4.78 is 0. The minimum absolute atomic E-state index is 0.0115. The third kappa shape index (κ3) is 2.85. The van der Waals surface area contributed by atoms with E-state index in [1.54, 1.807) is 12.3 Å². The Labute approximate surface area is 106 Å². The molecule has 1 aromatic heterocycles. The minimum atomic E-state index is 0.0115. The van der Waals surface area contributed by atoms with Crippen LogP contribution in [0.1, 0.15) is 22.3 Å². The summed E-state index contributed by atoms with van der Waals surface area (Å²) in [5, 5.41) is 0. The molecule has 2 rings (SSSR count). The van der Waals surface area contributed by atoms with Crippen molar-refractivity contribution < 1.29 is 4.79 Å². The van der Waals surface area contributed by atoms with Gasteiger partial charge in [0.2, 0.25) is 0 Å². The van der Waals surface area contributed by atoms with E-state index in [2.05, 4.69) is 4.98 Å². The molecule has 4 N–H and O–H groups in total. The van der Waals surface area contributed by atoms with Crippen LogP contribution in [0.2, 0.25) is 0 Å². The number of nitrogens with zero attached hydrogens (tertiary/aromatic N) is 1. The lowest BCUT2D eigenvalue weighted by atomic mass is 10.0. The van der Waals surface area contributed by atoms with E-state index in [0.717, 1.165) is 11.3 Å². The van der Waals surface area contributed by atoms with Crippen molar-refractivity contribution in [3.63, 3.8) is 0 Å². The summed E-state index contributed by atoms with van der Waals surface area (Å²) in [5.41, 5.74) is 14.1. The summed E-state index contributed by atoms with van der Waals surface area (Å²) in [7, 11) is 0. The van der Waals surface area contributed by atoms with Crippen molar-refractivity contribution >= 4 is 17.2 Å². The third-order valence-electron chi connectivity index (χ3n) is 2.78. The number of anilines is 2. The molecule has 0 fully saturated rings. The van der Waals surface area contributed by atoms with E-state index < -0.39 is 0 Å². The Morgan fingerprint density at radius 3 is 2.50 bits per heavy atom. The molecule has 2 aromatic rings. The summed E-state index contributed by atoms with van der Waals surface area (Å²) in [6.07, 6.45) is 4.18. The van der Waals surface area contributed by atoms with Crippen LogP contribution in [0.5, 0.6) is 0 Å². The number of nitrogens with two attached hydrogens (primary N) is 2. The molecule has 0 atom stereocenters. The maximum absolute atomic E-state index is 12.0. The number of pyridine rings is 1. The predicted molar refractivity (Wildman–Crippen MR) is 72.2 cm³/mol. The number of ketones is 1. The Kier molecular flexibility index (Phi) is 3.57. The van der Waals surface area contributed by atoms with Crippen LogP contribution in [0.15, 0.2) is 42.7 Å². The summed E-state index contributed by atoms with van der Waals surface area (Å²) in [4.78, 5) is 15.9. The highest BCUT2D eigenvalue weighted by atomic mass is 16.1. The monoisotopic (exact) mass is 241 g/mol. The van der Waals surface area contributed by atoms with E-state index in [9.17, 15) is 4.79 Å². The fraction of sp³-hybridized carbons (Fsp3) is 0.143. The molecule has 0 bridgehead atoms. The van der Waals surface area contributed by atoms with Crippen molar-refractivity contribution in [2.24, 2.45) is 0 Å². The van der Waals surface area contributed by atoms with Gasteiger partial charge in [-0.2, -0.15) is 0 Å². The summed E-state index contributed by atoms with van der Waals surface area (Å²) in [6.45, 7) is 0. The predicted octanol–water partition coefficient (Wildman–Crippen LogP) is 2.06. The van der Waals surface area contributed by atoms with Crippen LogP contribution in [0.4, 0.5) is 11.4 Å². The summed E-state index contributed by atoms with van der Waals surface area (Å²) in [6, 6.07) is 9.15. The van der Waals surface area contributed by atoms with Crippen LogP contribution in [-0.4, -0.2) is 10.8 Å². The van der Waals surface area contributed by atoms with Crippen LogP contribution >= 0.6 is 0 Å². The van der Waals surface area contributed by atoms with Crippen molar-refractivity contribution in [3.8, 4) is 0 Å². The van der Waals surface area contributed by atoms with Crippen molar-refractivity contribution in [1.29, 1.82) is 0 Å². The van der Waals surface area contributed by atoms with Gasteiger partial charge in [-0.1, -0.05) is 12.1 Å². The molecule has 4 heteroatoms. The second kappa shape index (κ2) is 5.31. The zero-order valence-electron chi connectivity index (χ0n) is 9.97. The van der Waals surface area contributed by atoms with Crippen LogP contribution in [0.25, 0.3) is 0 Å². The quantitative estimate of drug-likeness (QED) is 0.634. The Hall–Kier alpha value is -2.36. The van der Waals surface area contributed by atoms with Gasteiger partial charge in [-0.25, -0.2) is 0 Å². The van der Waals surface area contributed by atoms with E-state index in [1.807, 2.05) is 24.3 Å². The number of nitrogen functional groups attached to an aromatic ring is 2. The van der Waals surface area contributed by atoms with Crippen LogP contribution in [0, 0.1) is 0 Å². The lowest BCUT2D eigenvalue weighted by Gasteiger charge is -2.04. The zero-order valence-corrected chi connectivity index (χ0v) is 9.97. The molecule has 18 heavy (non-hydrogen) atoms. The highest BCUT2D eigenvalue weighted by Gasteiger charge is 2.09. The molecule has 0 unspecified atom stereocenters. The molecule has 0 aliphatic rings. The summed E-state index contributed by atoms with van der Waals surface area (Å²) >= 11 is 0. The number of carbonyl (C=O) groups excluding carboxylic acids is 1. The van der Waals surface area contributed by atoms with Crippen LogP contribution in [-0.2, 0) is 6.42 Å². The second-order valence-electron chi connectivity index (χ2n) is 4.13. The molecule has 0 amide bonds. The topological polar surface area (TPSA) is 82.0 Å². The lowest BCUT2D eigenvalue weighted by molar-refractivity contribution is 0.0983. The van der Waals surface area contributed by atoms with Gasteiger partial charge in [0.15, 0.2) is 5.78 Å². The molecule has 0 saturated carbocycles. The first kappa shape index (κ1) is 12.1. The highest BCUT2D eigenvalue weighted by molar-refractivity contribution is 6.00. The van der Waals surface area contributed by atoms with Gasteiger partial charge in [0.25, 0.3) is 0 Å².